The summed E-state index contributed by atoms with van der Waals surface area (Å²) in [6.07, 6.45) is 0.656. The zero-order chi connectivity index (χ0) is 18.6. The summed E-state index contributed by atoms with van der Waals surface area (Å²) in [7, 11) is 3.76. The average Bonchev–Trinajstić information content (AvgIpc) is 2.54. The molecule has 1 N–H and O–H groups in total. The van der Waals surface area contributed by atoms with Gasteiger partial charge >= 0.3 is 12.1 Å². The van der Waals surface area contributed by atoms with Crippen LogP contribution in [0.15, 0.2) is 30.5 Å². The molecule has 2 rings (SSSR count). The minimum atomic E-state index is -1.03. The van der Waals surface area contributed by atoms with Crippen molar-refractivity contribution in [1.82, 2.24) is 4.90 Å². The highest BCUT2D eigenvalue weighted by Gasteiger charge is 2.26. The summed E-state index contributed by atoms with van der Waals surface area (Å²) in [6.45, 7) is 6.16. The fraction of sp³-hybridized carbons (Fsp3) is 0.444. The summed E-state index contributed by atoms with van der Waals surface area (Å²) in [4.78, 5) is 26.8. The van der Waals surface area contributed by atoms with Crippen molar-refractivity contribution in [2.24, 2.45) is 0 Å². The van der Waals surface area contributed by atoms with Crippen LogP contribution in [0.25, 0.3) is 0 Å². The number of amides is 1. The Morgan fingerprint density at radius 3 is 2.44 bits per heavy atom. The van der Waals surface area contributed by atoms with Gasteiger partial charge in [0, 0.05) is 51.8 Å². The standard InChI is InChI=1S/C18H24N2O5/c1-12(2)24-18(23)20-9-7-14(8-10-20)25-16-11-13(19(3)4)5-6-15(16)17(21)22/h5-6,11,14H,1,7-10H2,2-4H3,(H,21,22). The Labute approximate surface area is 147 Å². The SMILES string of the molecule is C=C(C)OC(=O)N1CCC(Oc2cc(N(C)C)ccc2C(=O)O)CC1. The van der Waals surface area contributed by atoms with Gasteiger partial charge in [0.2, 0.25) is 0 Å². The molecule has 1 aromatic carbocycles. The van der Waals surface area contributed by atoms with Crippen LogP contribution in [0, 0.1) is 0 Å². The largest absolute Gasteiger partial charge is 0.489 e. The third-order valence-corrected chi connectivity index (χ3v) is 3.97. The molecule has 25 heavy (non-hydrogen) atoms. The lowest BCUT2D eigenvalue weighted by molar-refractivity contribution is 0.0674. The first kappa shape index (κ1) is 18.6. The van der Waals surface area contributed by atoms with Crippen molar-refractivity contribution in [2.75, 3.05) is 32.1 Å². The number of carbonyl (C=O) groups excluding carboxylic acids is 1. The fourth-order valence-corrected chi connectivity index (χ4v) is 2.61. The van der Waals surface area contributed by atoms with E-state index in [1.807, 2.05) is 19.0 Å². The minimum absolute atomic E-state index is 0.134. The van der Waals surface area contributed by atoms with E-state index in [1.165, 1.54) is 0 Å². The maximum absolute atomic E-state index is 11.9. The number of carboxylic acids is 1. The van der Waals surface area contributed by atoms with Crippen LogP contribution in [0.5, 0.6) is 5.75 Å². The van der Waals surface area contributed by atoms with Gasteiger partial charge in [0.1, 0.15) is 17.4 Å². The van der Waals surface area contributed by atoms with E-state index in [-0.39, 0.29) is 11.7 Å². The van der Waals surface area contributed by atoms with Gasteiger partial charge in [-0.05, 0) is 19.1 Å². The van der Waals surface area contributed by atoms with Gasteiger partial charge in [-0.3, -0.25) is 0 Å². The zero-order valence-corrected chi connectivity index (χ0v) is 14.8. The predicted molar refractivity (Wildman–Crippen MR) is 94.2 cm³/mol. The summed E-state index contributed by atoms with van der Waals surface area (Å²) in [6, 6.07) is 5.02. The summed E-state index contributed by atoms with van der Waals surface area (Å²) in [5.41, 5.74) is 0.997. The van der Waals surface area contributed by atoms with E-state index in [9.17, 15) is 14.7 Å². The number of carboxylic acid groups (broad SMARTS) is 1. The van der Waals surface area contributed by atoms with Crippen molar-refractivity contribution in [3.8, 4) is 5.75 Å². The molecule has 0 spiro atoms. The Morgan fingerprint density at radius 1 is 1.28 bits per heavy atom. The quantitative estimate of drug-likeness (QED) is 0.824. The highest BCUT2D eigenvalue weighted by Crippen LogP contribution is 2.28. The number of carbonyl (C=O) groups is 2. The molecule has 1 saturated heterocycles. The van der Waals surface area contributed by atoms with Crippen molar-refractivity contribution >= 4 is 17.7 Å². The van der Waals surface area contributed by atoms with Crippen molar-refractivity contribution in [1.29, 1.82) is 0 Å². The molecule has 1 heterocycles. The molecule has 1 aliphatic heterocycles. The molecule has 0 atom stereocenters. The van der Waals surface area contributed by atoms with Crippen LogP contribution in [0.2, 0.25) is 0 Å². The smallest absolute Gasteiger partial charge is 0.414 e. The summed E-state index contributed by atoms with van der Waals surface area (Å²) >= 11 is 0. The number of likely N-dealkylation sites (tertiary alicyclic amines) is 1. The molecule has 1 aliphatic rings. The molecule has 0 bridgehead atoms. The lowest BCUT2D eigenvalue weighted by Crippen LogP contribution is -2.42. The number of nitrogens with zero attached hydrogens (tertiary/aromatic N) is 2. The van der Waals surface area contributed by atoms with Crippen LogP contribution < -0.4 is 9.64 Å². The van der Waals surface area contributed by atoms with Crippen molar-refractivity contribution in [2.45, 2.75) is 25.9 Å². The number of anilines is 1. The summed E-state index contributed by atoms with van der Waals surface area (Å²) in [5, 5.41) is 9.35. The number of aromatic carboxylic acids is 1. The first-order chi connectivity index (χ1) is 11.8. The van der Waals surface area contributed by atoms with Crippen LogP contribution in [-0.4, -0.2) is 55.4 Å². The number of benzene rings is 1. The lowest BCUT2D eigenvalue weighted by Gasteiger charge is -2.31. The number of allylic oxidation sites excluding steroid dienone is 1. The fourth-order valence-electron chi connectivity index (χ4n) is 2.61. The van der Waals surface area contributed by atoms with Gasteiger partial charge in [0.15, 0.2) is 0 Å². The normalized spacial score (nSPS) is 14.8. The molecule has 0 unspecified atom stereocenters. The van der Waals surface area contributed by atoms with Gasteiger partial charge in [-0.1, -0.05) is 6.58 Å². The van der Waals surface area contributed by atoms with Crippen LogP contribution >= 0.6 is 0 Å². The van der Waals surface area contributed by atoms with Crippen molar-refractivity contribution in [3.05, 3.63) is 36.1 Å². The van der Waals surface area contributed by atoms with Crippen molar-refractivity contribution in [3.63, 3.8) is 0 Å². The molecule has 1 aromatic rings. The Kier molecular flexibility index (Phi) is 5.90. The van der Waals surface area contributed by atoms with Crippen molar-refractivity contribution < 1.29 is 24.2 Å². The van der Waals surface area contributed by atoms with Gasteiger partial charge in [0.05, 0.1) is 5.76 Å². The molecule has 7 heteroatoms. The lowest BCUT2D eigenvalue weighted by atomic mass is 10.1. The van der Waals surface area contributed by atoms with E-state index in [2.05, 4.69) is 6.58 Å². The minimum Gasteiger partial charge on any atom is -0.489 e. The third-order valence-electron chi connectivity index (χ3n) is 3.97. The highest BCUT2D eigenvalue weighted by atomic mass is 16.6. The number of ether oxygens (including phenoxy) is 2. The van der Waals surface area contributed by atoms with E-state index in [4.69, 9.17) is 9.47 Å². The third kappa shape index (κ3) is 4.89. The molecule has 7 nitrogen and oxygen atoms in total. The van der Waals surface area contributed by atoms with E-state index < -0.39 is 12.1 Å². The second kappa shape index (κ2) is 7.92. The maximum Gasteiger partial charge on any atom is 0.414 e. The van der Waals surface area contributed by atoms with E-state index in [0.717, 1.165) is 5.69 Å². The molecule has 0 aliphatic carbocycles. The zero-order valence-electron chi connectivity index (χ0n) is 14.8. The molecule has 136 valence electrons. The second-order valence-electron chi connectivity index (χ2n) is 6.25. The van der Waals surface area contributed by atoms with Crippen LogP contribution in [0.4, 0.5) is 10.5 Å². The van der Waals surface area contributed by atoms with E-state index >= 15 is 0 Å². The predicted octanol–water partition coefficient (Wildman–Crippen LogP) is 2.96. The molecule has 0 aromatic heterocycles. The first-order valence-electron chi connectivity index (χ1n) is 8.11. The van der Waals surface area contributed by atoms with Crippen LogP contribution in [-0.2, 0) is 4.74 Å². The number of piperidine rings is 1. The summed E-state index contributed by atoms with van der Waals surface area (Å²) in [5.74, 6) is -0.320. The van der Waals surface area contributed by atoms with Gasteiger partial charge in [-0.25, -0.2) is 9.59 Å². The number of hydrogen-bond acceptors (Lipinski definition) is 5. The first-order valence-corrected chi connectivity index (χ1v) is 8.11. The van der Waals surface area contributed by atoms with E-state index in [0.29, 0.717) is 37.4 Å². The molecular formula is C18H24N2O5. The van der Waals surface area contributed by atoms with Gasteiger partial charge in [0.25, 0.3) is 0 Å². The molecule has 1 fully saturated rings. The van der Waals surface area contributed by atoms with Gasteiger partial charge < -0.3 is 24.4 Å². The molecule has 0 saturated carbocycles. The summed E-state index contributed by atoms with van der Waals surface area (Å²) < 4.78 is 10.9. The Balaban J connectivity index is 2.03. The van der Waals surface area contributed by atoms with Gasteiger partial charge in [-0.15, -0.1) is 0 Å². The Hall–Kier alpha value is -2.70. The number of rotatable bonds is 5. The Morgan fingerprint density at radius 2 is 1.92 bits per heavy atom. The second-order valence-corrected chi connectivity index (χ2v) is 6.25. The van der Waals surface area contributed by atoms with Crippen LogP contribution in [0.1, 0.15) is 30.1 Å². The molecule has 1 amide bonds. The van der Waals surface area contributed by atoms with Crippen LogP contribution in [0.3, 0.4) is 0 Å². The number of hydrogen-bond donors (Lipinski definition) is 1. The average molecular weight is 348 g/mol. The Bertz CT molecular complexity index is 663. The van der Waals surface area contributed by atoms with Gasteiger partial charge in [-0.2, -0.15) is 0 Å². The molecule has 0 radical (unpaired) electrons. The highest BCUT2D eigenvalue weighted by molar-refractivity contribution is 5.91. The van der Waals surface area contributed by atoms with E-state index in [1.54, 1.807) is 30.0 Å². The monoisotopic (exact) mass is 348 g/mol. The maximum atomic E-state index is 11.9. The molecular weight excluding hydrogens is 324 g/mol. The topological polar surface area (TPSA) is 79.3 Å².